The zero-order chi connectivity index (χ0) is 15.2. The van der Waals surface area contributed by atoms with Gasteiger partial charge in [-0.15, -0.1) is 0 Å². The monoisotopic (exact) mass is 325 g/mol. The van der Waals surface area contributed by atoms with E-state index < -0.39 is 0 Å². The molecule has 0 unspecified atom stereocenters. The van der Waals surface area contributed by atoms with Crippen LogP contribution in [-0.4, -0.2) is 25.7 Å². The number of nitrogens with one attached hydrogen (secondary N) is 2. The first-order valence-corrected chi connectivity index (χ1v) is 7.30. The molecule has 0 spiro atoms. The molecule has 0 radical (unpaired) electrons. The van der Waals surface area contributed by atoms with Crippen LogP contribution in [0.1, 0.15) is 5.56 Å². The standard InChI is InChI=1S/C15H17Cl2N3O/c1-18-14-12(16)9-13(17)15(20-14)19-8-7-10-3-5-11(21-2)6-4-10/h3-6,9H,7-8H2,1-2H3,(H2,18,19,20). The van der Waals surface area contributed by atoms with E-state index in [1.807, 2.05) is 24.3 Å². The van der Waals surface area contributed by atoms with Gasteiger partial charge in [0.05, 0.1) is 17.2 Å². The Kier molecular flexibility index (Phi) is 5.53. The predicted molar refractivity (Wildman–Crippen MR) is 89.0 cm³/mol. The lowest BCUT2D eigenvalue weighted by atomic mass is 10.1. The van der Waals surface area contributed by atoms with E-state index in [0.717, 1.165) is 18.7 Å². The number of hydrogen-bond donors (Lipinski definition) is 2. The van der Waals surface area contributed by atoms with Crippen molar-refractivity contribution in [1.82, 2.24) is 4.98 Å². The molecule has 0 saturated heterocycles. The van der Waals surface area contributed by atoms with Crippen molar-refractivity contribution < 1.29 is 4.74 Å². The van der Waals surface area contributed by atoms with E-state index in [-0.39, 0.29) is 0 Å². The van der Waals surface area contributed by atoms with Gasteiger partial charge in [-0.3, -0.25) is 0 Å². The van der Waals surface area contributed by atoms with Crippen LogP contribution in [0.25, 0.3) is 0 Å². The van der Waals surface area contributed by atoms with Crippen LogP contribution in [0, 0.1) is 0 Å². The highest BCUT2D eigenvalue weighted by Crippen LogP contribution is 2.28. The summed E-state index contributed by atoms with van der Waals surface area (Å²) < 4.78 is 5.13. The Morgan fingerprint density at radius 2 is 1.76 bits per heavy atom. The summed E-state index contributed by atoms with van der Waals surface area (Å²) in [5.74, 6) is 2.08. The van der Waals surface area contributed by atoms with Gasteiger partial charge in [-0.05, 0) is 30.2 Å². The molecule has 112 valence electrons. The van der Waals surface area contributed by atoms with Crippen molar-refractivity contribution in [2.45, 2.75) is 6.42 Å². The highest BCUT2D eigenvalue weighted by atomic mass is 35.5. The molecule has 0 aliphatic rings. The Morgan fingerprint density at radius 3 is 2.38 bits per heavy atom. The second kappa shape index (κ2) is 7.38. The molecule has 1 aromatic carbocycles. The molecule has 0 fully saturated rings. The zero-order valence-corrected chi connectivity index (χ0v) is 13.4. The molecule has 0 atom stereocenters. The third-order valence-corrected chi connectivity index (χ3v) is 3.61. The fraction of sp³-hybridized carbons (Fsp3) is 0.267. The van der Waals surface area contributed by atoms with Crippen LogP contribution in [0.5, 0.6) is 5.75 Å². The molecule has 0 amide bonds. The summed E-state index contributed by atoms with van der Waals surface area (Å²) in [6.45, 7) is 0.726. The zero-order valence-electron chi connectivity index (χ0n) is 11.9. The van der Waals surface area contributed by atoms with Gasteiger partial charge in [-0.25, -0.2) is 4.98 Å². The van der Waals surface area contributed by atoms with Crippen LogP contribution in [-0.2, 0) is 6.42 Å². The minimum absolute atomic E-state index is 0.503. The second-order valence-electron chi connectivity index (χ2n) is 4.42. The first kappa shape index (κ1) is 15.7. The summed E-state index contributed by atoms with van der Waals surface area (Å²) in [4.78, 5) is 4.34. The van der Waals surface area contributed by atoms with E-state index in [2.05, 4.69) is 15.6 Å². The Labute approximate surface area is 134 Å². The predicted octanol–water partition coefficient (Wildman–Crippen LogP) is 4.09. The minimum atomic E-state index is 0.503. The number of pyridine rings is 1. The maximum absolute atomic E-state index is 6.13. The fourth-order valence-electron chi connectivity index (χ4n) is 1.88. The number of ether oxygens (including phenoxy) is 1. The van der Waals surface area contributed by atoms with Crippen LogP contribution in [0.4, 0.5) is 11.6 Å². The van der Waals surface area contributed by atoms with Gasteiger partial charge < -0.3 is 15.4 Å². The van der Waals surface area contributed by atoms with Gasteiger partial charge in [-0.2, -0.15) is 0 Å². The van der Waals surface area contributed by atoms with E-state index >= 15 is 0 Å². The second-order valence-corrected chi connectivity index (χ2v) is 5.24. The van der Waals surface area contributed by atoms with Gasteiger partial charge in [0.1, 0.15) is 17.4 Å². The van der Waals surface area contributed by atoms with E-state index in [4.69, 9.17) is 27.9 Å². The van der Waals surface area contributed by atoms with Crippen LogP contribution < -0.4 is 15.4 Å². The number of anilines is 2. The lowest BCUT2D eigenvalue weighted by molar-refractivity contribution is 0.414. The molecule has 2 aromatic rings. The molecule has 1 aromatic heterocycles. The van der Waals surface area contributed by atoms with E-state index in [1.165, 1.54) is 5.56 Å². The molecule has 0 aliphatic carbocycles. The van der Waals surface area contributed by atoms with Crippen molar-refractivity contribution >= 4 is 34.8 Å². The normalized spacial score (nSPS) is 10.3. The average molecular weight is 326 g/mol. The highest BCUT2D eigenvalue weighted by Gasteiger charge is 2.07. The smallest absolute Gasteiger partial charge is 0.147 e. The number of methoxy groups -OCH3 is 1. The number of hydrogen-bond acceptors (Lipinski definition) is 4. The average Bonchev–Trinajstić information content (AvgIpc) is 2.50. The first-order valence-electron chi connectivity index (χ1n) is 6.54. The largest absolute Gasteiger partial charge is 0.497 e. The lowest BCUT2D eigenvalue weighted by Crippen LogP contribution is -2.08. The maximum atomic E-state index is 6.13. The van der Waals surface area contributed by atoms with Crippen molar-refractivity contribution in [1.29, 1.82) is 0 Å². The van der Waals surface area contributed by atoms with Gasteiger partial charge in [0.2, 0.25) is 0 Å². The Balaban J connectivity index is 1.96. The topological polar surface area (TPSA) is 46.2 Å². The summed E-state index contributed by atoms with van der Waals surface area (Å²) in [5, 5.41) is 7.16. The summed E-state index contributed by atoms with van der Waals surface area (Å²) >= 11 is 12.1. The SMILES string of the molecule is CNc1nc(NCCc2ccc(OC)cc2)c(Cl)cc1Cl. The van der Waals surface area contributed by atoms with Crippen molar-refractivity contribution in [3.05, 3.63) is 45.9 Å². The summed E-state index contributed by atoms with van der Waals surface area (Å²) in [5.41, 5.74) is 1.21. The van der Waals surface area contributed by atoms with Crippen LogP contribution >= 0.6 is 23.2 Å². The molecule has 6 heteroatoms. The van der Waals surface area contributed by atoms with Crippen LogP contribution in [0.3, 0.4) is 0 Å². The van der Waals surface area contributed by atoms with Crippen molar-refractivity contribution in [3.63, 3.8) is 0 Å². The lowest BCUT2D eigenvalue weighted by Gasteiger charge is -2.11. The van der Waals surface area contributed by atoms with E-state index in [1.54, 1.807) is 20.2 Å². The number of benzene rings is 1. The molecule has 4 nitrogen and oxygen atoms in total. The quantitative estimate of drug-likeness (QED) is 0.839. The molecule has 0 saturated carbocycles. The molecule has 21 heavy (non-hydrogen) atoms. The number of halogens is 2. The van der Waals surface area contributed by atoms with Gasteiger partial charge in [0.15, 0.2) is 0 Å². The van der Waals surface area contributed by atoms with Crippen molar-refractivity contribution in [2.24, 2.45) is 0 Å². The minimum Gasteiger partial charge on any atom is -0.497 e. The van der Waals surface area contributed by atoms with E-state index in [9.17, 15) is 0 Å². The van der Waals surface area contributed by atoms with Gasteiger partial charge in [0, 0.05) is 13.6 Å². The van der Waals surface area contributed by atoms with Crippen LogP contribution in [0.2, 0.25) is 10.0 Å². The van der Waals surface area contributed by atoms with Gasteiger partial charge in [-0.1, -0.05) is 35.3 Å². The van der Waals surface area contributed by atoms with Gasteiger partial charge >= 0.3 is 0 Å². The summed E-state index contributed by atoms with van der Waals surface area (Å²) in [6.07, 6.45) is 0.861. The molecule has 0 aliphatic heterocycles. The Morgan fingerprint density at radius 1 is 1.10 bits per heavy atom. The summed E-state index contributed by atoms with van der Waals surface area (Å²) in [7, 11) is 3.42. The van der Waals surface area contributed by atoms with Crippen molar-refractivity contribution in [3.8, 4) is 5.75 Å². The number of nitrogens with zero attached hydrogens (tertiary/aromatic N) is 1. The number of aromatic nitrogens is 1. The molecule has 2 N–H and O–H groups in total. The number of rotatable bonds is 6. The Hall–Kier alpha value is -1.65. The Bertz CT molecular complexity index is 603. The van der Waals surface area contributed by atoms with E-state index in [0.29, 0.717) is 21.7 Å². The third kappa shape index (κ3) is 4.16. The summed E-state index contributed by atoms with van der Waals surface area (Å²) in [6, 6.07) is 9.65. The highest BCUT2D eigenvalue weighted by molar-refractivity contribution is 6.37. The fourth-order valence-corrected chi connectivity index (χ4v) is 2.40. The molecule has 2 rings (SSSR count). The third-order valence-electron chi connectivity index (χ3n) is 3.03. The van der Waals surface area contributed by atoms with Crippen molar-refractivity contribution in [2.75, 3.05) is 31.3 Å². The molecular weight excluding hydrogens is 309 g/mol. The van der Waals surface area contributed by atoms with Crippen LogP contribution in [0.15, 0.2) is 30.3 Å². The first-order chi connectivity index (χ1) is 10.1. The maximum Gasteiger partial charge on any atom is 0.147 e. The molecule has 1 heterocycles. The molecule has 0 bridgehead atoms. The van der Waals surface area contributed by atoms with Gasteiger partial charge in [0.25, 0.3) is 0 Å². The molecular formula is C15H17Cl2N3O.